The van der Waals surface area contributed by atoms with Gasteiger partial charge in [0.15, 0.2) is 0 Å². The van der Waals surface area contributed by atoms with E-state index in [0.29, 0.717) is 5.84 Å². The lowest BCUT2D eigenvalue weighted by Gasteiger charge is -2.17. The smallest absolute Gasteiger partial charge is 0.146 e. The summed E-state index contributed by atoms with van der Waals surface area (Å²) in [5, 5.41) is 14.7. The van der Waals surface area contributed by atoms with Gasteiger partial charge in [0.1, 0.15) is 5.84 Å². The molecule has 1 heterocycles. The molecule has 3 nitrogen and oxygen atoms in total. The average molecular weight is 162 g/mol. The van der Waals surface area contributed by atoms with Crippen molar-refractivity contribution in [2.75, 3.05) is 5.32 Å². The molecule has 0 bridgehead atoms. The van der Waals surface area contributed by atoms with Gasteiger partial charge in [0, 0.05) is 12.1 Å². The largest absolute Gasteiger partial charge is 0.409 e. The summed E-state index contributed by atoms with van der Waals surface area (Å²) in [6.45, 7) is 0. The van der Waals surface area contributed by atoms with Crippen molar-refractivity contribution < 1.29 is 5.21 Å². The number of amidine groups is 1. The van der Waals surface area contributed by atoms with Crippen LogP contribution >= 0.6 is 0 Å². The number of fused-ring (bicyclic) bond motifs is 1. The van der Waals surface area contributed by atoms with Crippen LogP contribution in [0.3, 0.4) is 0 Å². The van der Waals surface area contributed by atoms with E-state index in [4.69, 9.17) is 5.21 Å². The predicted molar refractivity (Wildman–Crippen MR) is 47.6 cm³/mol. The molecule has 0 aromatic heterocycles. The fraction of sp³-hybridized carbons (Fsp3) is 0.222. The monoisotopic (exact) mass is 162 g/mol. The van der Waals surface area contributed by atoms with Gasteiger partial charge in [0.2, 0.25) is 0 Å². The molecule has 0 fully saturated rings. The Morgan fingerprint density at radius 1 is 1.25 bits per heavy atom. The summed E-state index contributed by atoms with van der Waals surface area (Å²) in [6, 6.07) is 8.05. The van der Waals surface area contributed by atoms with Gasteiger partial charge in [-0.15, -0.1) is 0 Å². The van der Waals surface area contributed by atoms with Crippen LogP contribution in [-0.2, 0) is 6.42 Å². The highest BCUT2D eigenvalue weighted by Crippen LogP contribution is 2.21. The number of nitrogens with one attached hydrogen (secondary N) is 1. The van der Waals surface area contributed by atoms with E-state index in [1.165, 1.54) is 5.56 Å². The van der Waals surface area contributed by atoms with E-state index in [1.807, 2.05) is 18.2 Å². The second-order valence-electron chi connectivity index (χ2n) is 2.83. The van der Waals surface area contributed by atoms with E-state index in [-0.39, 0.29) is 0 Å². The minimum absolute atomic E-state index is 0.647. The van der Waals surface area contributed by atoms with E-state index in [1.54, 1.807) is 0 Å². The van der Waals surface area contributed by atoms with Crippen molar-refractivity contribution in [3.8, 4) is 0 Å². The van der Waals surface area contributed by atoms with E-state index >= 15 is 0 Å². The summed E-state index contributed by atoms with van der Waals surface area (Å²) in [5.41, 5.74) is 2.33. The molecule has 0 amide bonds. The maximum atomic E-state index is 8.54. The molecule has 0 saturated carbocycles. The van der Waals surface area contributed by atoms with Crippen LogP contribution in [-0.4, -0.2) is 11.0 Å². The molecule has 3 heteroatoms. The summed E-state index contributed by atoms with van der Waals surface area (Å²) >= 11 is 0. The van der Waals surface area contributed by atoms with E-state index in [2.05, 4.69) is 16.5 Å². The molecule has 2 N–H and O–H groups in total. The summed E-state index contributed by atoms with van der Waals surface area (Å²) in [5.74, 6) is 0.647. The lowest BCUT2D eigenvalue weighted by molar-refractivity contribution is 0.317. The van der Waals surface area contributed by atoms with Gasteiger partial charge < -0.3 is 10.5 Å². The molecule has 1 aromatic carbocycles. The molecule has 1 aliphatic rings. The Balaban J connectivity index is 2.35. The first-order valence-corrected chi connectivity index (χ1v) is 3.96. The van der Waals surface area contributed by atoms with E-state index in [0.717, 1.165) is 18.5 Å². The lowest BCUT2D eigenvalue weighted by Crippen LogP contribution is -2.19. The fourth-order valence-electron chi connectivity index (χ4n) is 1.41. The van der Waals surface area contributed by atoms with Crippen LogP contribution < -0.4 is 5.32 Å². The van der Waals surface area contributed by atoms with Crippen LogP contribution in [0.25, 0.3) is 0 Å². The fourth-order valence-corrected chi connectivity index (χ4v) is 1.41. The van der Waals surface area contributed by atoms with Gasteiger partial charge in [-0.1, -0.05) is 23.4 Å². The number of nitrogens with zero attached hydrogens (tertiary/aromatic N) is 1. The topological polar surface area (TPSA) is 44.6 Å². The lowest BCUT2D eigenvalue weighted by atomic mass is 10.0. The Kier molecular flexibility index (Phi) is 1.70. The maximum absolute atomic E-state index is 8.54. The standard InChI is InChI=1S/C9H10N2O/c12-11-9-6-5-7-3-1-2-4-8(7)10-9/h1-4,12H,5-6H2,(H,10,11). The molecule has 0 spiro atoms. The summed E-state index contributed by atoms with van der Waals surface area (Å²) in [4.78, 5) is 0. The normalized spacial score (nSPS) is 18.5. The van der Waals surface area contributed by atoms with Gasteiger partial charge >= 0.3 is 0 Å². The summed E-state index contributed by atoms with van der Waals surface area (Å²) < 4.78 is 0. The van der Waals surface area contributed by atoms with E-state index in [9.17, 15) is 0 Å². The molecule has 1 aliphatic heterocycles. The quantitative estimate of drug-likeness (QED) is 0.451. The minimum Gasteiger partial charge on any atom is -0.409 e. The molecular weight excluding hydrogens is 152 g/mol. The zero-order valence-electron chi connectivity index (χ0n) is 6.62. The van der Waals surface area contributed by atoms with Crippen molar-refractivity contribution in [3.63, 3.8) is 0 Å². The SMILES string of the molecule is ON=C1CCc2ccccc2N1. The van der Waals surface area contributed by atoms with Crippen LogP contribution in [0.1, 0.15) is 12.0 Å². The Morgan fingerprint density at radius 2 is 2.08 bits per heavy atom. The molecule has 0 unspecified atom stereocenters. The zero-order valence-corrected chi connectivity index (χ0v) is 6.62. The number of anilines is 1. The van der Waals surface area contributed by atoms with E-state index < -0.39 is 0 Å². The molecule has 0 atom stereocenters. The molecule has 12 heavy (non-hydrogen) atoms. The number of aryl methyl sites for hydroxylation is 1. The number of para-hydroxylation sites is 1. The highest BCUT2D eigenvalue weighted by Gasteiger charge is 2.11. The first-order chi connectivity index (χ1) is 5.90. The summed E-state index contributed by atoms with van der Waals surface area (Å²) in [6.07, 6.45) is 1.73. The Morgan fingerprint density at radius 3 is 2.92 bits per heavy atom. The Bertz CT molecular complexity index is 320. The summed E-state index contributed by atoms with van der Waals surface area (Å²) in [7, 11) is 0. The molecular formula is C9H10N2O. The highest BCUT2D eigenvalue weighted by molar-refractivity contribution is 5.97. The Labute approximate surface area is 70.7 Å². The second-order valence-corrected chi connectivity index (χ2v) is 2.83. The van der Waals surface area contributed by atoms with Crippen LogP contribution in [0.5, 0.6) is 0 Å². The number of benzene rings is 1. The number of hydrogen-bond acceptors (Lipinski definition) is 2. The first kappa shape index (κ1) is 7.16. The van der Waals surface area contributed by atoms with Crippen LogP contribution in [0, 0.1) is 0 Å². The van der Waals surface area contributed by atoms with Crippen LogP contribution in [0.4, 0.5) is 5.69 Å². The number of rotatable bonds is 0. The van der Waals surface area contributed by atoms with Crippen molar-refractivity contribution >= 4 is 11.5 Å². The van der Waals surface area contributed by atoms with Gasteiger partial charge in [-0.3, -0.25) is 0 Å². The molecule has 0 radical (unpaired) electrons. The molecule has 2 rings (SSSR count). The molecule has 0 aliphatic carbocycles. The maximum Gasteiger partial charge on any atom is 0.146 e. The third-order valence-electron chi connectivity index (χ3n) is 2.05. The highest BCUT2D eigenvalue weighted by atomic mass is 16.4. The van der Waals surface area contributed by atoms with Gasteiger partial charge in [-0.25, -0.2) is 0 Å². The van der Waals surface area contributed by atoms with Crippen molar-refractivity contribution in [2.45, 2.75) is 12.8 Å². The van der Waals surface area contributed by atoms with Crippen LogP contribution in [0.2, 0.25) is 0 Å². The second kappa shape index (κ2) is 2.85. The van der Waals surface area contributed by atoms with Crippen LogP contribution in [0.15, 0.2) is 29.4 Å². The Hall–Kier alpha value is -1.51. The van der Waals surface area contributed by atoms with Gasteiger partial charge in [-0.2, -0.15) is 0 Å². The first-order valence-electron chi connectivity index (χ1n) is 3.96. The van der Waals surface area contributed by atoms with Gasteiger partial charge in [0.05, 0.1) is 0 Å². The molecule has 1 aromatic rings. The van der Waals surface area contributed by atoms with Crippen molar-refractivity contribution in [2.24, 2.45) is 5.16 Å². The van der Waals surface area contributed by atoms with Gasteiger partial charge in [-0.05, 0) is 18.1 Å². The zero-order chi connectivity index (χ0) is 8.39. The molecule has 62 valence electrons. The average Bonchev–Trinajstić information content (AvgIpc) is 2.17. The molecule has 0 saturated heterocycles. The third kappa shape index (κ3) is 1.13. The minimum atomic E-state index is 0.647. The predicted octanol–water partition coefficient (Wildman–Crippen LogP) is 1.83. The van der Waals surface area contributed by atoms with Crippen molar-refractivity contribution in [3.05, 3.63) is 29.8 Å². The number of oxime groups is 1. The van der Waals surface area contributed by atoms with Crippen molar-refractivity contribution in [1.29, 1.82) is 0 Å². The number of hydrogen-bond donors (Lipinski definition) is 2. The van der Waals surface area contributed by atoms with Gasteiger partial charge in [0.25, 0.3) is 0 Å². The van der Waals surface area contributed by atoms with Crippen molar-refractivity contribution in [1.82, 2.24) is 0 Å². The third-order valence-corrected chi connectivity index (χ3v) is 2.05.